The van der Waals surface area contributed by atoms with Gasteiger partial charge >= 0.3 is 0 Å². The van der Waals surface area contributed by atoms with E-state index in [1.165, 1.54) is 5.56 Å². The van der Waals surface area contributed by atoms with Crippen molar-refractivity contribution in [3.05, 3.63) is 53.0 Å². The number of aromatic nitrogens is 2. The lowest BCUT2D eigenvalue weighted by molar-refractivity contribution is -0.119. The van der Waals surface area contributed by atoms with Gasteiger partial charge in [0.2, 0.25) is 5.91 Å². The highest BCUT2D eigenvalue weighted by Crippen LogP contribution is 2.27. The number of nitrogens with zero attached hydrogens (tertiary/aromatic N) is 3. The van der Waals surface area contributed by atoms with Gasteiger partial charge in [0.1, 0.15) is 17.3 Å². The van der Waals surface area contributed by atoms with E-state index < -0.39 is 0 Å². The molecule has 2 N–H and O–H groups in total. The van der Waals surface area contributed by atoms with Crippen molar-refractivity contribution < 1.29 is 9.59 Å². The molecular weight excluding hydrogens is 366 g/mol. The monoisotopic (exact) mass is 393 g/mol. The van der Waals surface area contributed by atoms with E-state index in [1.807, 2.05) is 18.2 Å². The Morgan fingerprint density at radius 1 is 1.17 bits per heavy atom. The summed E-state index contributed by atoms with van der Waals surface area (Å²) in [4.78, 5) is 35.5. The van der Waals surface area contributed by atoms with Crippen LogP contribution in [0.5, 0.6) is 0 Å². The zero-order valence-corrected chi connectivity index (χ0v) is 16.8. The summed E-state index contributed by atoms with van der Waals surface area (Å²) in [6.07, 6.45) is 4.04. The lowest BCUT2D eigenvalue weighted by atomic mass is 10.0. The summed E-state index contributed by atoms with van der Waals surface area (Å²) < 4.78 is 0. The van der Waals surface area contributed by atoms with Crippen LogP contribution in [0.3, 0.4) is 0 Å². The molecular formula is C22H27N5O2. The maximum absolute atomic E-state index is 12.5. The second-order valence-corrected chi connectivity index (χ2v) is 7.74. The Bertz CT molecular complexity index is 892. The number of hydrogen-bond donors (Lipinski definition) is 2. The number of fused-ring (bicyclic) bond motifs is 1. The molecule has 2 aromatic rings. The van der Waals surface area contributed by atoms with E-state index in [2.05, 4.69) is 32.7 Å². The second-order valence-electron chi connectivity index (χ2n) is 7.74. The molecule has 7 heteroatoms. The molecule has 4 rings (SSSR count). The first kappa shape index (κ1) is 19.4. The average molecular weight is 393 g/mol. The first-order chi connectivity index (χ1) is 14.1. The van der Waals surface area contributed by atoms with Gasteiger partial charge in [0, 0.05) is 44.6 Å². The van der Waals surface area contributed by atoms with Crippen LogP contribution in [-0.4, -0.2) is 47.5 Å². The van der Waals surface area contributed by atoms with Crippen LogP contribution in [0.4, 0.5) is 5.82 Å². The topological polar surface area (TPSA) is 87.2 Å². The van der Waals surface area contributed by atoms with Crippen molar-refractivity contribution in [3.63, 3.8) is 0 Å². The lowest BCUT2D eigenvalue weighted by Gasteiger charge is -2.35. The van der Waals surface area contributed by atoms with Gasteiger partial charge in [-0.25, -0.2) is 9.97 Å². The summed E-state index contributed by atoms with van der Waals surface area (Å²) in [7, 11) is 0. The molecule has 1 saturated heterocycles. The largest absolute Gasteiger partial charge is 0.356 e. The standard InChI is InChI=1S/C22H27N5O2/c1-15(28)24-17-10-13-27(14-11-17)21-18-9-12-23-22(29)20(18)25-19(26-21)8-7-16-5-3-2-4-6-16/h2-6,17H,7-14H2,1H3,(H,23,29)(H,24,28). The smallest absolute Gasteiger partial charge is 0.270 e. The number of carbonyl (C=O) groups excluding carboxylic acids is 2. The van der Waals surface area contributed by atoms with Crippen LogP contribution in [0.25, 0.3) is 0 Å². The zero-order valence-electron chi connectivity index (χ0n) is 16.8. The third-order valence-corrected chi connectivity index (χ3v) is 5.59. The van der Waals surface area contributed by atoms with Crippen LogP contribution < -0.4 is 15.5 Å². The van der Waals surface area contributed by atoms with Crippen molar-refractivity contribution >= 4 is 17.6 Å². The highest BCUT2D eigenvalue weighted by molar-refractivity contribution is 5.96. The van der Waals surface area contributed by atoms with Gasteiger partial charge in [-0.2, -0.15) is 0 Å². The van der Waals surface area contributed by atoms with Gasteiger partial charge in [0.05, 0.1) is 0 Å². The number of benzene rings is 1. The van der Waals surface area contributed by atoms with Gasteiger partial charge in [0.15, 0.2) is 0 Å². The number of carbonyl (C=O) groups is 2. The number of piperidine rings is 1. The minimum Gasteiger partial charge on any atom is -0.356 e. The summed E-state index contributed by atoms with van der Waals surface area (Å²) in [6.45, 7) is 3.81. The van der Waals surface area contributed by atoms with E-state index in [1.54, 1.807) is 6.92 Å². The fourth-order valence-corrected chi connectivity index (χ4v) is 4.12. The summed E-state index contributed by atoms with van der Waals surface area (Å²) in [5.74, 6) is 1.52. The van der Waals surface area contributed by atoms with Crippen LogP contribution in [0.2, 0.25) is 0 Å². The van der Waals surface area contributed by atoms with E-state index in [0.29, 0.717) is 24.5 Å². The van der Waals surface area contributed by atoms with Crippen LogP contribution >= 0.6 is 0 Å². The molecule has 0 bridgehead atoms. The van der Waals surface area contributed by atoms with Gasteiger partial charge in [-0.1, -0.05) is 30.3 Å². The van der Waals surface area contributed by atoms with Gasteiger partial charge in [-0.05, 0) is 31.2 Å². The van der Waals surface area contributed by atoms with Crippen LogP contribution in [0, 0.1) is 0 Å². The van der Waals surface area contributed by atoms with E-state index >= 15 is 0 Å². The molecule has 7 nitrogen and oxygen atoms in total. The fourth-order valence-electron chi connectivity index (χ4n) is 4.12. The molecule has 1 aromatic heterocycles. The molecule has 0 aliphatic carbocycles. The third-order valence-electron chi connectivity index (χ3n) is 5.59. The molecule has 152 valence electrons. The zero-order chi connectivity index (χ0) is 20.2. The Morgan fingerprint density at radius 3 is 2.66 bits per heavy atom. The van der Waals surface area contributed by atoms with Crippen molar-refractivity contribution in [3.8, 4) is 0 Å². The number of aryl methyl sites for hydroxylation is 2. The van der Waals surface area contributed by atoms with Crippen molar-refractivity contribution in [2.24, 2.45) is 0 Å². The Kier molecular flexibility index (Phi) is 5.74. The Morgan fingerprint density at radius 2 is 1.93 bits per heavy atom. The van der Waals surface area contributed by atoms with Gasteiger partial charge in [-0.15, -0.1) is 0 Å². The molecule has 0 radical (unpaired) electrons. The fraction of sp³-hybridized carbons (Fsp3) is 0.455. The first-order valence-corrected chi connectivity index (χ1v) is 10.3. The third kappa shape index (κ3) is 4.55. The molecule has 29 heavy (non-hydrogen) atoms. The van der Waals surface area contributed by atoms with E-state index in [9.17, 15) is 9.59 Å². The highest BCUT2D eigenvalue weighted by atomic mass is 16.2. The normalized spacial score (nSPS) is 16.9. The SMILES string of the molecule is CC(=O)NC1CCN(c2nc(CCc3ccccc3)nc3c2CCNC3=O)CC1. The minimum absolute atomic E-state index is 0.0164. The first-order valence-electron chi connectivity index (χ1n) is 10.3. The van der Waals surface area contributed by atoms with Crippen molar-refractivity contribution in [2.75, 3.05) is 24.5 Å². The van der Waals surface area contributed by atoms with E-state index in [-0.39, 0.29) is 17.9 Å². The summed E-state index contributed by atoms with van der Waals surface area (Å²) in [6, 6.07) is 10.5. The van der Waals surface area contributed by atoms with Gasteiger partial charge in [0.25, 0.3) is 5.91 Å². The predicted molar refractivity (Wildman–Crippen MR) is 111 cm³/mol. The molecule has 0 saturated carbocycles. The predicted octanol–water partition coefficient (Wildman–Crippen LogP) is 1.65. The Balaban J connectivity index is 1.56. The van der Waals surface area contributed by atoms with Crippen molar-refractivity contribution in [1.82, 2.24) is 20.6 Å². The van der Waals surface area contributed by atoms with Crippen LogP contribution in [0.1, 0.15) is 47.2 Å². The average Bonchev–Trinajstić information content (AvgIpc) is 2.73. The molecule has 0 atom stereocenters. The molecule has 1 aromatic carbocycles. The lowest BCUT2D eigenvalue weighted by Crippen LogP contribution is -2.45. The molecule has 2 aliphatic heterocycles. The molecule has 2 amide bonds. The highest BCUT2D eigenvalue weighted by Gasteiger charge is 2.28. The summed E-state index contributed by atoms with van der Waals surface area (Å²) >= 11 is 0. The number of rotatable bonds is 5. The summed E-state index contributed by atoms with van der Waals surface area (Å²) in [5.41, 5.74) is 2.71. The number of hydrogen-bond acceptors (Lipinski definition) is 5. The molecule has 3 heterocycles. The number of anilines is 1. The van der Waals surface area contributed by atoms with Crippen molar-refractivity contribution in [1.29, 1.82) is 0 Å². The minimum atomic E-state index is -0.107. The molecule has 0 unspecified atom stereocenters. The van der Waals surface area contributed by atoms with E-state index in [4.69, 9.17) is 4.98 Å². The van der Waals surface area contributed by atoms with E-state index in [0.717, 1.165) is 50.2 Å². The van der Waals surface area contributed by atoms with Crippen molar-refractivity contribution in [2.45, 2.75) is 45.1 Å². The molecule has 0 spiro atoms. The molecule has 2 aliphatic rings. The van der Waals surface area contributed by atoms with Crippen LogP contribution in [-0.2, 0) is 24.1 Å². The summed E-state index contributed by atoms with van der Waals surface area (Å²) in [5, 5.41) is 5.91. The molecule has 1 fully saturated rings. The number of amides is 2. The second kappa shape index (κ2) is 8.59. The van der Waals surface area contributed by atoms with Gasteiger partial charge in [-0.3, -0.25) is 9.59 Å². The Labute approximate surface area is 170 Å². The Hall–Kier alpha value is -2.96. The maximum atomic E-state index is 12.5. The van der Waals surface area contributed by atoms with Gasteiger partial charge < -0.3 is 15.5 Å². The number of nitrogens with one attached hydrogen (secondary N) is 2. The maximum Gasteiger partial charge on any atom is 0.270 e. The van der Waals surface area contributed by atoms with Crippen LogP contribution in [0.15, 0.2) is 30.3 Å². The quantitative estimate of drug-likeness (QED) is 0.807.